The molecule has 0 aliphatic carbocycles. The molecule has 2 saturated heterocycles. The Hall–Kier alpha value is -1.36. The lowest BCUT2D eigenvalue weighted by Crippen LogP contribution is -2.55. The van der Waals surface area contributed by atoms with Gasteiger partial charge in [0.25, 0.3) is 5.91 Å². The third-order valence-corrected chi connectivity index (χ3v) is 5.09. The van der Waals surface area contributed by atoms with Gasteiger partial charge >= 0.3 is 0 Å². The first-order valence-corrected chi connectivity index (χ1v) is 10.3. The number of ether oxygens (including phenoxy) is 1. The summed E-state index contributed by atoms with van der Waals surface area (Å²) < 4.78 is 11.4. The minimum atomic E-state index is -0.240. The van der Waals surface area contributed by atoms with E-state index in [9.17, 15) is 4.79 Å². The van der Waals surface area contributed by atoms with E-state index in [-0.39, 0.29) is 41.4 Å². The molecular weight excluding hydrogens is 485 g/mol. The lowest BCUT2D eigenvalue weighted by molar-refractivity contribution is -0.142. The van der Waals surface area contributed by atoms with Gasteiger partial charge in [-0.05, 0) is 19.8 Å². The van der Waals surface area contributed by atoms with Crippen molar-refractivity contribution in [2.24, 2.45) is 4.99 Å². The van der Waals surface area contributed by atoms with Crippen molar-refractivity contribution < 1.29 is 13.9 Å². The second-order valence-corrected chi connectivity index (χ2v) is 8.35. The summed E-state index contributed by atoms with van der Waals surface area (Å²) in [6.07, 6.45) is 3.37. The Morgan fingerprint density at radius 1 is 1.28 bits per heavy atom. The summed E-state index contributed by atoms with van der Waals surface area (Å²) in [6, 6.07) is 0. The Balaban J connectivity index is 0.00000300. The van der Waals surface area contributed by atoms with Gasteiger partial charge in [-0.25, -0.2) is 9.98 Å². The quantitative estimate of drug-likeness (QED) is 0.374. The highest BCUT2D eigenvalue weighted by molar-refractivity contribution is 14.0. The van der Waals surface area contributed by atoms with Gasteiger partial charge in [0, 0.05) is 44.7 Å². The van der Waals surface area contributed by atoms with E-state index in [1.54, 1.807) is 6.20 Å². The van der Waals surface area contributed by atoms with Crippen molar-refractivity contribution in [3.8, 4) is 0 Å². The van der Waals surface area contributed by atoms with Crippen LogP contribution in [-0.2, 0) is 21.5 Å². The summed E-state index contributed by atoms with van der Waals surface area (Å²) in [5.41, 5.74) is -0.0641. The molecular formula is C20H34IN5O3. The minimum absolute atomic E-state index is 0. The number of hydrogen-bond acceptors (Lipinski definition) is 5. The lowest BCUT2D eigenvalue weighted by atomic mass is 9.94. The van der Waals surface area contributed by atoms with E-state index >= 15 is 0 Å². The van der Waals surface area contributed by atoms with Crippen molar-refractivity contribution in [3.63, 3.8) is 0 Å². The molecule has 1 aromatic rings. The number of amides is 1. The molecule has 2 aliphatic heterocycles. The molecule has 3 heterocycles. The van der Waals surface area contributed by atoms with Crippen molar-refractivity contribution in [1.29, 1.82) is 0 Å². The third-order valence-electron chi connectivity index (χ3n) is 5.09. The fourth-order valence-electron chi connectivity index (χ4n) is 3.41. The lowest BCUT2D eigenvalue weighted by Gasteiger charge is -2.37. The van der Waals surface area contributed by atoms with Gasteiger partial charge in [-0.3, -0.25) is 4.79 Å². The molecule has 1 amide bonds. The Kier molecular flexibility index (Phi) is 8.74. The van der Waals surface area contributed by atoms with Gasteiger partial charge in [0.1, 0.15) is 18.4 Å². The molecule has 1 N–H and O–H groups in total. The molecule has 0 bridgehead atoms. The fraction of sp³-hybridized carbons (Fsp3) is 0.750. The number of piperazine rings is 1. The largest absolute Gasteiger partial charge is 0.443 e. The molecule has 0 radical (unpaired) electrons. The average molecular weight is 519 g/mol. The topological polar surface area (TPSA) is 83.2 Å². The van der Waals surface area contributed by atoms with E-state index in [0.29, 0.717) is 32.1 Å². The molecule has 0 saturated carbocycles. The van der Waals surface area contributed by atoms with E-state index in [4.69, 9.17) is 14.1 Å². The Morgan fingerprint density at radius 3 is 2.52 bits per heavy atom. The van der Waals surface area contributed by atoms with Crippen LogP contribution < -0.4 is 5.32 Å². The normalized spacial score (nSPS) is 20.6. The van der Waals surface area contributed by atoms with E-state index in [2.05, 4.69) is 42.9 Å². The van der Waals surface area contributed by atoms with Crippen LogP contribution in [0.15, 0.2) is 15.6 Å². The summed E-state index contributed by atoms with van der Waals surface area (Å²) in [4.78, 5) is 25.7. The van der Waals surface area contributed by atoms with Gasteiger partial charge in [0.2, 0.25) is 5.89 Å². The number of aliphatic imine (C=N–C) groups is 1. The van der Waals surface area contributed by atoms with Gasteiger partial charge in [0.15, 0.2) is 5.96 Å². The van der Waals surface area contributed by atoms with Gasteiger partial charge in [-0.2, -0.15) is 0 Å². The number of carbonyl (C=O) groups excluding carboxylic acids is 1. The van der Waals surface area contributed by atoms with Crippen LogP contribution in [0.4, 0.5) is 0 Å². The number of aromatic nitrogens is 1. The first kappa shape index (κ1) is 23.9. The zero-order valence-corrected chi connectivity index (χ0v) is 20.3. The van der Waals surface area contributed by atoms with Gasteiger partial charge in [-0.1, -0.05) is 20.8 Å². The van der Waals surface area contributed by atoms with Gasteiger partial charge in [0.05, 0.1) is 6.20 Å². The zero-order valence-electron chi connectivity index (χ0n) is 17.9. The predicted molar refractivity (Wildman–Crippen MR) is 123 cm³/mol. The number of hydrogen-bond donors (Lipinski definition) is 1. The summed E-state index contributed by atoms with van der Waals surface area (Å²) in [6.45, 7) is 13.1. The Bertz CT molecular complexity index is 687. The van der Waals surface area contributed by atoms with Crippen LogP contribution in [0.5, 0.6) is 0 Å². The standard InChI is InChI=1S/C20H33N5O3.HI/c1-5-21-19(23-14-17-22-13-16(28-17)20(2,3)4)25-10-8-24(9-11-25)18(26)15-7-6-12-27-15;/h13,15H,5-12,14H2,1-4H3,(H,21,23);1H. The number of nitrogens with one attached hydrogen (secondary N) is 1. The SMILES string of the molecule is CCNC(=NCc1ncc(C(C)(C)C)o1)N1CCN(C(=O)C2CCCO2)CC1.I. The average Bonchev–Trinajstić information content (AvgIpc) is 3.36. The van der Waals surface area contributed by atoms with E-state index in [1.807, 2.05) is 4.90 Å². The van der Waals surface area contributed by atoms with Crippen LogP contribution in [0.2, 0.25) is 0 Å². The van der Waals surface area contributed by atoms with Crippen molar-refractivity contribution in [2.75, 3.05) is 39.3 Å². The first-order valence-electron chi connectivity index (χ1n) is 10.3. The molecule has 1 unspecified atom stereocenters. The number of carbonyl (C=O) groups is 1. The van der Waals surface area contributed by atoms with Crippen LogP contribution in [0, 0.1) is 0 Å². The second-order valence-electron chi connectivity index (χ2n) is 8.35. The van der Waals surface area contributed by atoms with E-state index in [0.717, 1.165) is 44.2 Å². The predicted octanol–water partition coefficient (Wildman–Crippen LogP) is 2.38. The maximum Gasteiger partial charge on any atom is 0.251 e. The van der Waals surface area contributed by atoms with Crippen LogP contribution >= 0.6 is 24.0 Å². The molecule has 0 spiro atoms. The molecule has 1 atom stereocenters. The van der Waals surface area contributed by atoms with Crippen LogP contribution in [0.25, 0.3) is 0 Å². The number of rotatable bonds is 4. The summed E-state index contributed by atoms with van der Waals surface area (Å²) in [5.74, 6) is 2.45. The van der Waals surface area contributed by atoms with E-state index < -0.39 is 0 Å². The molecule has 2 fully saturated rings. The molecule has 1 aromatic heterocycles. The van der Waals surface area contributed by atoms with E-state index in [1.165, 1.54) is 0 Å². The van der Waals surface area contributed by atoms with Crippen molar-refractivity contribution in [2.45, 2.75) is 58.6 Å². The summed E-state index contributed by atoms with van der Waals surface area (Å²) >= 11 is 0. The van der Waals surface area contributed by atoms with Crippen molar-refractivity contribution in [1.82, 2.24) is 20.1 Å². The monoisotopic (exact) mass is 519 g/mol. The van der Waals surface area contributed by atoms with Crippen molar-refractivity contribution >= 4 is 35.8 Å². The maximum atomic E-state index is 12.5. The smallest absolute Gasteiger partial charge is 0.251 e. The highest BCUT2D eigenvalue weighted by Crippen LogP contribution is 2.23. The molecule has 9 heteroatoms. The molecule has 0 aromatic carbocycles. The number of nitrogens with zero attached hydrogens (tertiary/aromatic N) is 4. The summed E-state index contributed by atoms with van der Waals surface area (Å²) in [5, 5.41) is 3.34. The maximum absolute atomic E-state index is 12.5. The zero-order chi connectivity index (χ0) is 20.1. The third kappa shape index (κ3) is 6.31. The highest BCUT2D eigenvalue weighted by Gasteiger charge is 2.31. The van der Waals surface area contributed by atoms with Gasteiger partial charge < -0.3 is 24.3 Å². The first-order chi connectivity index (χ1) is 13.4. The molecule has 164 valence electrons. The van der Waals surface area contributed by atoms with Crippen LogP contribution in [-0.4, -0.2) is 72.1 Å². The molecule has 3 rings (SSSR count). The number of oxazole rings is 1. The highest BCUT2D eigenvalue weighted by atomic mass is 127. The Morgan fingerprint density at radius 2 is 1.97 bits per heavy atom. The van der Waals surface area contributed by atoms with Crippen molar-refractivity contribution in [3.05, 3.63) is 17.8 Å². The number of guanidine groups is 1. The second kappa shape index (κ2) is 10.6. The summed E-state index contributed by atoms with van der Waals surface area (Å²) in [7, 11) is 0. The van der Waals surface area contributed by atoms with Gasteiger partial charge in [-0.15, -0.1) is 24.0 Å². The minimum Gasteiger partial charge on any atom is -0.443 e. The molecule has 29 heavy (non-hydrogen) atoms. The van der Waals surface area contributed by atoms with Crippen LogP contribution in [0.1, 0.15) is 52.2 Å². The fourth-order valence-corrected chi connectivity index (χ4v) is 3.41. The number of halogens is 1. The van der Waals surface area contributed by atoms with Crippen LogP contribution in [0.3, 0.4) is 0 Å². The molecule has 2 aliphatic rings. The molecule has 8 nitrogen and oxygen atoms in total. The Labute approximate surface area is 190 Å².